The van der Waals surface area contributed by atoms with Crippen molar-refractivity contribution in [2.24, 2.45) is 0 Å². The average molecular weight is 372 g/mol. The molecule has 0 spiro atoms. The van der Waals surface area contributed by atoms with Gasteiger partial charge in [-0.1, -0.05) is 18.6 Å². The smallest absolute Gasteiger partial charge is 0.339 e. The van der Waals surface area contributed by atoms with Crippen molar-refractivity contribution in [3.63, 3.8) is 0 Å². The lowest BCUT2D eigenvalue weighted by molar-refractivity contribution is -0.790. The zero-order valence-corrected chi connectivity index (χ0v) is 13.4. The molecule has 0 saturated carbocycles. The van der Waals surface area contributed by atoms with Crippen LogP contribution in [0.5, 0.6) is 5.75 Å². The molecule has 12 nitrogen and oxygen atoms in total. The Morgan fingerprint density at radius 1 is 1.12 bits per heavy atom. The van der Waals surface area contributed by atoms with Gasteiger partial charge in [-0.3, -0.25) is 4.79 Å². The van der Waals surface area contributed by atoms with Gasteiger partial charge >= 0.3 is 11.9 Å². The lowest BCUT2D eigenvalue weighted by Crippen LogP contribution is -2.24. The molecule has 0 aliphatic carbocycles. The molecule has 0 aromatic heterocycles. The molecule has 0 bridgehead atoms. The molecule has 1 rings (SSSR count). The molecular formula is C14H16N2O10. The summed E-state index contributed by atoms with van der Waals surface area (Å²) in [4.78, 5) is 51.5. The quantitative estimate of drug-likeness (QED) is 0.187. The highest BCUT2D eigenvalue weighted by Crippen LogP contribution is 2.19. The van der Waals surface area contributed by atoms with E-state index in [1.807, 2.05) is 0 Å². The highest BCUT2D eigenvalue weighted by atomic mass is 17.0. The standard InChI is InChI=1S/C14H16N2O10/c17-13(25-12-7-3-2-6-11(12)14(18)19)8-4-1-5-10(26-16(22)23)9-24-15(20)21/h2-3,6-7,10H,1,4-5,8-9H2,(H,18,19). The van der Waals surface area contributed by atoms with Crippen molar-refractivity contribution in [3.05, 3.63) is 50.1 Å². The fourth-order valence-electron chi connectivity index (χ4n) is 1.98. The molecule has 0 aliphatic heterocycles. The third kappa shape index (κ3) is 7.90. The molecule has 0 heterocycles. The molecule has 1 unspecified atom stereocenters. The van der Waals surface area contributed by atoms with Gasteiger partial charge in [-0.2, -0.15) is 0 Å². The van der Waals surface area contributed by atoms with Crippen molar-refractivity contribution >= 4 is 11.9 Å². The zero-order valence-electron chi connectivity index (χ0n) is 13.4. The number of unbranched alkanes of at least 4 members (excludes halogenated alkanes) is 1. The van der Waals surface area contributed by atoms with Crippen LogP contribution in [0.3, 0.4) is 0 Å². The third-order valence-corrected chi connectivity index (χ3v) is 3.10. The number of esters is 1. The Hall–Kier alpha value is -3.44. The number of hydrogen-bond donors (Lipinski definition) is 1. The van der Waals surface area contributed by atoms with Crippen molar-refractivity contribution in [3.8, 4) is 5.75 Å². The van der Waals surface area contributed by atoms with Gasteiger partial charge in [0.25, 0.3) is 10.2 Å². The highest BCUT2D eigenvalue weighted by Gasteiger charge is 2.17. The second kappa shape index (κ2) is 10.4. The van der Waals surface area contributed by atoms with Crippen molar-refractivity contribution in [2.45, 2.75) is 31.8 Å². The first-order valence-corrected chi connectivity index (χ1v) is 7.41. The number of carbonyl (C=O) groups excluding carboxylic acids is 1. The SMILES string of the molecule is O=C(CCCCC(CO[N+](=O)[O-])O[N+](=O)[O-])Oc1ccccc1C(=O)O. The minimum absolute atomic E-state index is 0.0494. The Morgan fingerprint density at radius 2 is 1.81 bits per heavy atom. The lowest BCUT2D eigenvalue weighted by Gasteiger charge is -2.13. The summed E-state index contributed by atoms with van der Waals surface area (Å²) in [6, 6.07) is 5.64. The van der Waals surface area contributed by atoms with E-state index in [0.29, 0.717) is 0 Å². The van der Waals surface area contributed by atoms with Crippen LogP contribution in [0.25, 0.3) is 0 Å². The zero-order chi connectivity index (χ0) is 19.5. The molecule has 142 valence electrons. The summed E-state index contributed by atoms with van der Waals surface area (Å²) in [6.07, 6.45) is -0.637. The highest BCUT2D eigenvalue weighted by molar-refractivity contribution is 5.91. The number of carboxylic acids is 1. The summed E-state index contributed by atoms with van der Waals surface area (Å²) < 4.78 is 4.98. The number of rotatable bonds is 12. The molecular weight excluding hydrogens is 356 g/mol. The Bertz CT molecular complexity index is 663. The van der Waals surface area contributed by atoms with Crippen molar-refractivity contribution in [1.29, 1.82) is 0 Å². The number of carboxylic acid groups (broad SMARTS) is 1. The van der Waals surface area contributed by atoms with Crippen LogP contribution in [0.15, 0.2) is 24.3 Å². The predicted octanol–water partition coefficient (Wildman–Crippen LogP) is 1.64. The van der Waals surface area contributed by atoms with Crippen LogP contribution < -0.4 is 4.74 Å². The second-order valence-corrected chi connectivity index (χ2v) is 4.99. The van der Waals surface area contributed by atoms with Gasteiger partial charge in [-0.05, 0) is 25.0 Å². The van der Waals surface area contributed by atoms with Gasteiger partial charge < -0.3 is 19.5 Å². The van der Waals surface area contributed by atoms with E-state index in [2.05, 4.69) is 9.68 Å². The molecule has 1 aromatic carbocycles. The van der Waals surface area contributed by atoms with Crippen LogP contribution in [0.4, 0.5) is 0 Å². The Kier molecular flexibility index (Phi) is 8.27. The van der Waals surface area contributed by atoms with Gasteiger partial charge in [-0.15, -0.1) is 20.2 Å². The molecule has 0 saturated heterocycles. The number of para-hydroxylation sites is 1. The number of carbonyl (C=O) groups is 2. The van der Waals surface area contributed by atoms with E-state index in [1.54, 1.807) is 0 Å². The van der Waals surface area contributed by atoms with Crippen LogP contribution in [0.2, 0.25) is 0 Å². The molecule has 0 radical (unpaired) electrons. The van der Waals surface area contributed by atoms with E-state index in [1.165, 1.54) is 24.3 Å². The van der Waals surface area contributed by atoms with Crippen molar-refractivity contribution < 1.29 is 39.3 Å². The van der Waals surface area contributed by atoms with Gasteiger partial charge in [0.05, 0.1) is 0 Å². The van der Waals surface area contributed by atoms with Crippen LogP contribution >= 0.6 is 0 Å². The average Bonchev–Trinajstić information content (AvgIpc) is 2.56. The van der Waals surface area contributed by atoms with E-state index in [9.17, 15) is 29.8 Å². The van der Waals surface area contributed by atoms with E-state index < -0.39 is 34.8 Å². The van der Waals surface area contributed by atoms with Gasteiger partial charge in [0.1, 0.15) is 24.0 Å². The van der Waals surface area contributed by atoms with Crippen LogP contribution in [0.1, 0.15) is 36.0 Å². The summed E-state index contributed by atoms with van der Waals surface area (Å²) in [7, 11) is 0. The van der Waals surface area contributed by atoms with Gasteiger partial charge in [0.2, 0.25) is 0 Å². The van der Waals surface area contributed by atoms with E-state index >= 15 is 0 Å². The summed E-state index contributed by atoms with van der Waals surface area (Å²) in [5, 5.41) is 27.3. The molecule has 12 heteroatoms. The summed E-state index contributed by atoms with van der Waals surface area (Å²) >= 11 is 0. The number of nitrogens with zero attached hydrogens (tertiary/aromatic N) is 2. The molecule has 1 aromatic rings. The van der Waals surface area contributed by atoms with Crippen LogP contribution in [0, 0.1) is 20.2 Å². The normalized spacial score (nSPS) is 11.2. The maximum absolute atomic E-state index is 11.8. The molecule has 1 N–H and O–H groups in total. The Morgan fingerprint density at radius 3 is 2.42 bits per heavy atom. The Balaban J connectivity index is 2.41. The van der Waals surface area contributed by atoms with E-state index in [4.69, 9.17) is 9.84 Å². The molecule has 26 heavy (non-hydrogen) atoms. The topological polar surface area (TPSA) is 168 Å². The number of ether oxygens (including phenoxy) is 1. The second-order valence-electron chi connectivity index (χ2n) is 4.99. The first-order chi connectivity index (χ1) is 12.3. The predicted molar refractivity (Wildman–Crippen MR) is 82.3 cm³/mol. The fourth-order valence-corrected chi connectivity index (χ4v) is 1.98. The molecule has 1 atom stereocenters. The first kappa shape index (κ1) is 20.6. The van der Waals surface area contributed by atoms with Crippen molar-refractivity contribution in [2.75, 3.05) is 6.61 Å². The Labute approximate surface area is 146 Å². The van der Waals surface area contributed by atoms with E-state index in [-0.39, 0.29) is 37.0 Å². The van der Waals surface area contributed by atoms with Gasteiger partial charge in [0, 0.05) is 6.42 Å². The summed E-state index contributed by atoms with van der Waals surface area (Å²) in [5.74, 6) is -2.00. The number of aromatic carboxylic acids is 1. The fraction of sp³-hybridized carbons (Fsp3) is 0.429. The van der Waals surface area contributed by atoms with Gasteiger partial charge in [-0.25, -0.2) is 4.79 Å². The molecule has 0 fully saturated rings. The number of hydrogen-bond acceptors (Lipinski definition) is 9. The van der Waals surface area contributed by atoms with Crippen molar-refractivity contribution in [1.82, 2.24) is 0 Å². The minimum Gasteiger partial charge on any atom is -0.478 e. The minimum atomic E-state index is -1.24. The van der Waals surface area contributed by atoms with E-state index in [0.717, 1.165) is 0 Å². The third-order valence-electron chi connectivity index (χ3n) is 3.10. The largest absolute Gasteiger partial charge is 0.478 e. The molecule has 0 aliphatic rings. The summed E-state index contributed by atoms with van der Waals surface area (Å²) in [5.41, 5.74) is -0.155. The maximum Gasteiger partial charge on any atom is 0.339 e. The first-order valence-electron chi connectivity index (χ1n) is 7.41. The number of benzene rings is 1. The molecule has 0 amide bonds. The van der Waals surface area contributed by atoms with Crippen LogP contribution in [-0.4, -0.2) is 39.9 Å². The lowest BCUT2D eigenvalue weighted by atomic mass is 10.1. The monoisotopic (exact) mass is 372 g/mol. The summed E-state index contributed by atoms with van der Waals surface area (Å²) in [6.45, 7) is -0.607. The van der Waals surface area contributed by atoms with Gasteiger partial charge in [0.15, 0.2) is 0 Å². The maximum atomic E-state index is 11.8. The van der Waals surface area contributed by atoms with Crippen LogP contribution in [-0.2, 0) is 14.5 Å².